The molecule has 1 heterocycles. The zero-order chi connectivity index (χ0) is 19.3. The second kappa shape index (κ2) is 7.96. The molecule has 0 spiro atoms. The lowest BCUT2D eigenvalue weighted by Crippen LogP contribution is -2.12. The van der Waals surface area contributed by atoms with E-state index in [1.54, 1.807) is 54.7 Å². The van der Waals surface area contributed by atoms with Gasteiger partial charge in [-0.25, -0.2) is 13.4 Å². The first-order valence-corrected chi connectivity index (χ1v) is 10.1. The first-order valence-electron chi connectivity index (χ1n) is 8.01. The standard InChI is InChI=1S/C19H17N3O4S/c1-27(24,25)13-14-4-2-5-15(10-14)19(23)22-16-6-3-7-17(11-16)26-18-12-20-8-9-21-18/h2-12H,13H2,1H3,(H,22,23). The number of rotatable bonds is 6. The Morgan fingerprint density at radius 1 is 1.11 bits per heavy atom. The maximum absolute atomic E-state index is 12.5. The molecule has 0 aliphatic rings. The first-order chi connectivity index (χ1) is 12.9. The molecular weight excluding hydrogens is 366 g/mol. The van der Waals surface area contributed by atoms with E-state index in [2.05, 4.69) is 15.3 Å². The minimum Gasteiger partial charge on any atom is -0.437 e. The minimum atomic E-state index is -3.17. The molecule has 0 saturated heterocycles. The Bertz CT molecular complexity index is 1050. The van der Waals surface area contributed by atoms with Crippen LogP contribution in [0.4, 0.5) is 5.69 Å². The Labute approximate surface area is 157 Å². The highest BCUT2D eigenvalue weighted by Gasteiger charge is 2.10. The molecule has 0 unspecified atom stereocenters. The second-order valence-electron chi connectivity index (χ2n) is 5.90. The van der Waals surface area contributed by atoms with Crippen molar-refractivity contribution in [1.29, 1.82) is 0 Å². The van der Waals surface area contributed by atoms with Crippen molar-refractivity contribution >= 4 is 21.4 Å². The van der Waals surface area contributed by atoms with Crippen LogP contribution in [0, 0.1) is 0 Å². The maximum atomic E-state index is 12.5. The quantitative estimate of drug-likeness (QED) is 0.702. The van der Waals surface area contributed by atoms with E-state index in [1.807, 2.05) is 0 Å². The number of ether oxygens (including phenoxy) is 1. The number of sulfone groups is 1. The fourth-order valence-electron chi connectivity index (χ4n) is 2.40. The van der Waals surface area contributed by atoms with Crippen LogP contribution in [0.1, 0.15) is 15.9 Å². The van der Waals surface area contributed by atoms with Crippen molar-refractivity contribution in [2.45, 2.75) is 5.75 Å². The summed E-state index contributed by atoms with van der Waals surface area (Å²) in [5.74, 6) is 0.380. The van der Waals surface area contributed by atoms with Crippen LogP contribution in [0.25, 0.3) is 0 Å². The van der Waals surface area contributed by atoms with Gasteiger partial charge in [0.1, 0.15) is 5.75 Å². The van der Waals surface area contributed by atoms with Gasteiger partial charge in [0.2, 0.25) is 5.88 Å². The molecule has 1 N–H and O–H groups in total. The zero-order valence-electron chi connectivity index (χ0n) is 14.5. The average molecular weight is 383 g/mol. The lowest BCUT2D eigenvalue weighted by molar-refractivity contribution is 0.102. The van der Waals surface area contributed by atoms with Gasteiger partial charge in [0, 0.05) is 36.0 Å². The SMILES string of the molecule is CS(=O)(=O)Cc1cccc(C(=O)Nc2cccc(Oc3cnccn3)c2)c1. The van der Waals surface area contributed by atoms with E-state index >= 15 is 0 Å². The summed E-state index contributed by atoms with van der Waals surface area (Å²) in [4.78, 5) is 20.4. The van der Waals surface area contributed by atoms with Crippen molar-refractivity contribution in [2.75, 3.05) is 11.6 Å². The average Bonchev–Trinajstić information content (AvgIpc) is 2.62. The topological polar surface area (TPSA) is 98.2 Å². The van der Waals surface area contributed by atoms with Gasteiger partial charge in [-0.3, -0.25) is 9.78 Å². The summed E-state index contributed by atoms with van der Waals surface area (Å²) in [6, 6.07) is 13.4. The highest BCUT2D eigenvalue weighted by molar-refractivity contribution is 7.89. The van der Waals surface area contributed by atoms with Crippen LogP contribution < -0.4 is 10.1 Å². The number of aromatic nitrogens is 2. The van der Waals surface area contributed by atoms with Crippen molar-refractivity contribution in [2.24, 2.45) is 0 Å². The molecule has 138 valence electrons. The molecule has 0 radical (unpaired) electrons. The van der Waals surface area contributed by atoms with Crippen LogP contribution in [0.15, 0.2) is 67.1 Å². The number of carbonyl (C=O) groups is 1. The van der Waals surface area contributed by atoms with Gasteiger partial charge in [0.05, 0.1) is 11.9 Å². The monoisotopic (exact) mass is 383 g/mol. The summed E-state index contributed by atoms with van der Waals surface area (Å²) in [6.07, 6.45) is 5.70. The molecule has 7 nitrogen and oxygen atoms in total. The van der Waals surface area contributed by atoms with Gasteiger partial charge in [-0.15, -0.1) is 0 Å². The van der Waals surface area contributed by atoms with Crippen LogP contribution in [-0.4, -0.2) is 30.5 Å². The van der Waals surface area contributed by atoms with E-state index in [9.17, 15) is 13.2 Å². The molecular formula is C19H17N3O4S. The molecule has 0 atom stereocenters. The maximum Gasteiger partial charge on any atom is 0.255 e. The lowest BCUT2D eigenvalue weighted by atomic mass is 10.1. The third kappa shape index (κ3) is 5.61. The zero-order valence-corrected chi connectivity index (χ0v) is 15.3. The summed E-state index contributed by atoms with van der Waals surface area (Å²) in [6.45, 7) is 0. The van der Waals surface area contributed by atoms with Crippen LogP contribution in [0.3, 0.4) is 0 Å². The van der Waals surface area contributed by atoms with Gasteiger partial charge in [0.15, 0.2) is 9.84 Å². The van der Waals surface area contributed by atoms with Crippen molar-refractivity contribution in [1.82, 2.24) is 9.97 Å². The molecule has 27 heavy (non-hydrogen) atoms. The second-order valence-corrected chi connectivity index (χ2v) is 8.04. The highest BCUT2D eigenvalue weighted by Crippen LogP contribution is 2.22. The predicted molar refractivity (Wildman–Crippen MR) is 101 cm³/mol. The molecule has 0 saturated carbocycles. The van der Waals surface area contributed by atoms with Crippen LogP contribution >= 0.6 is 0 Å². The molecule has 0 aliphatic heterocycles. The number of nitrogens with zero attached hydrogens (tertiary/aromatic N) is 2. The Hall–Kier alpha value is -3.26. The summed E-state index contributed by atoms with van der Waals surface area (Å²) in [7, 11) is -3.17. The number of nitrogens with one attached hydrogen (secondary N) is 1. The van der Waals surface area contributed by atoms with Gasteiger partial charge in [-0.1, -0.05) is 18.2 Å². The molecule has 0 aliphatic carbocycles. The number of amides is 1. The molecule has 2 aromatic carbocycles. The van der Waals surface area contributed by atoms with Gasteiger partial charge in [0.25, 0.3) is 5.91 Å². The van der Waals surface area contributed by atoms with Gasteiger partial charge < -0.3 is 10.1 Å². The highest BCUT2D eigenvalue weighted by atomic mass is 32.2. The van der Waals surface area contributed by atoms with Crippen molar-refractivity contribution < 1.29 is 17.9 Å². The van der Waals surface area contributed by atoms with Gasteiger partial charge >= 0.3 is 0 Å². The summed E-state index contributed by atoms with van der Waals surface area (Å²) >= 11 is 0. The number of hydrogen-bond acceptors (Lipinski definition) is 6. The van der Waals surface area contributed by atoms with Crippen molar-refractivity contribution in [3.8, 4) is 11.6 Å². The van der Waals surface area contributed by atoms with Crippen LogP contribution in [-0.2, 0) is 15.6 Å². The smallest absolute Gasteiger partial charge is 0.255 e. The summed E-state index contributed by atoms with van der Waals surface area (Å²) in [5.41, 5.74) is 1.47. The number of anilines is 1. The molecule has 3 aromatic rings. The third-order valence-electron chi connectivity index (χ3n) is 3.47. The van der Waals surface area contributed by atoms with E-state index in [1.165, 1.54) is 12.4 Å². The molecule has 1 amide bonds. The van der Waals surface area contributed by atoms with Crippen molar-refractivity contribution in [3.05, 3.63) is 78.2 Å². The Balaban J connectivity index is 1.73. The van der Waals surface area contributed by atoms with Gasteiger partial charge in [-0.2, -0.15) is 0 Å². The molecule has 8 heteroatoms. The third-order valence-corrected chi connectivity index (χ3v) is 4.33. The van der Waals surface area contributed by atoms with Crippen LogP contribution in [0.5, 0.6) is 11.6 Å². The number of benzene rings is 2. The van der Waals surface area contributed by atoms with Crippen molar-refractivity contribution in [3.63, 3.8) is 0 Å². The van der Waals surface area contributed by atoms with E-state index in [0.29, 0.717) is 28.4 Å². The van der Waals surface area contributed by atoms with E-state index in [-0.39, 0.29) is 11.7 Å². The van der Waals surface area contributed by atoms with E-state index in [0.717, 1.165) is 6.26 Å². The fraction of sp³-hybridized carbons (Fsp3) is 0.105. The normalized spacial score (nSPS) is 11.0. The number of hydrogen-bond donors (Lipinski definition) is 1. The Kier molecular flexibility index (Phi) is 5.46. The molecule has 3 rings (SSSR count). The lowest BCUT2D eigenvalue weighted by Gasteiger charge is -2.09. The molecule has 0 fully saturated rings. The van der Waals surface area contributed by atoms with E-state index < -0.39 is 9.84 Å². The van der Waals surface area contributed by atoms with Crippen LogP contribution in [0.2, 0.25) is 0 Å². The fourth-order valence-corrected chi connectivity index (χ4v) is 3.19. The first kappa shape index (κ1) is 18.5. The Morgan fingerprint density at radius 3 is 2.67 bits per heavy atom. The Morgan fingerprint density at radius 2 is 1.93 bits per heavy atom. The summed E-state index contributed by atoms with van der Waals surface area (Å²) < 4.78 is 28.5. The minimum absolute atomic E-state index is 0.116. The molecule has 1 aromatic heterocycles. The molecule has 0 bridgehead atoms. The largest absolute Gasteiger partial charge is 0.437 e. The number of carbonyl (C=O) groups excluding carboxylic acids is 1. The predicted octanol–water partition coefficient (Wildman–Crippen LogP) is 3.07. The van der Waals surface area contributed by atoms with Gasteiger partial charge in [-0.05, 0) is 29.8 Å². The van der Waals surface area contributed by atoms with E-state index in [4.69, 9.17) is 4.74 Å². The summed E-state index contributed by atoms with van der Waals surface area (Å²) in [5, 5.41) is 2.77.